The van der Waals surface area contributed by atoms with Crippen LogP contribution in [0.25, 0.3) is 10.9 Å². The fourth-order valence-corrected chi connectivity index (χ4v) is 2.88. The van der Waals surface area contributed by atoms with Crippen molar-refractivity contribution in [2.75, 3.05) is 26.2 Å². The Morgan fingerprint density at radius 1 is 1.24 bits per heavy atom. The molecule has 0 unspecified atom stereocenters. The number of fused-ring (bicyclic) bond motifs is 1. The minimum Gasteiger partial charge on any atom is -0.335 e. The molecule has 1 aliphatic heterocycles. The molecule has 2 heterocycles. The van der Waals surface area contributed by atoms with Gasteiger partial charge in [0, 0.05) is 37.6 Å². The van der Waals surface area contributed by atoms with Crippen LogP contribution in [0, 0.1) is 6.92 Å². The van der Waals surface area contributed by atoms with Crippen molar-refractivity contribution < 1.29 is 4.79 Å². The standard InChI is InChI=1S/C16H22N4O/c1-11(2)19-6-8-20(9-7-19)16(21)15-13-10-12(3)4-5-14(13)17-18-15/h4-5,10-11H,6-9H2,1-3H3,(H,17,18). The van der Waals surface area contributed by atoms with E-state index >= 15 is 0 Å². The van der Waals surface area contributed by atoms with E-state index in [1.165, 1.54) is 0 Å². The molecule has 0 aliphatic carbocycles. The van der Waals surface area contributed by atoms with Crippen LogP contribution in [0.2, 0.25) is 0 Å². The van der Waals surface area contributed by atoms with Crippen molar-refractivity contribution in [2.24, 2.45) is 0 Å². The monoisotopic (exact) mass is 286 g/mol. The number of carbonyl (C=O) groups is 1. The van der Waals surface area contributed by atoms with Gasteiger partial charge in [-0.2, -0.15) is 5.10 Å². The van der Waals surface area contributed by atoms with Crippen LogP contribution < -0.4 is 0 Å². The number of aromatic nitrogens is 2. The molecule has 112 valence electrons. The molecule has 2 aromatic rings. The number of nitrogens with zero attached hydrogens (tertiary/aromatic N) is 3. The summed E-state index contributed by atoms with van der Waals surface area (Å²) < 4.78 is 0. The zero-order valence-electron chi connectivity index (χ0n) is 12.9. The van der Waals surface area contributed by atoms with E-state index in [4.69, 9.17) is 0 Å². The topological polar surface area (TPSA) is 52.2 Å². The van der Waals surface area contributed by atoms with E-state index in [0.717, 1.165) is 42.6 Å². The van der Waals surface area contributed by atoms with Gasteiger partial charge in [0.15, 0.2) is 5.69 Å². The molecule has 0 radical (unpaired) electrons. The summed E-state index contributed by atoms with van der Waals surface area (Å²) in [6.07, 6.45) is 0. The molecule has 1 N–H and O–H groups in total. The predicted octanol–water partition coefficient (Wildman–Crippen LogP) is 2.04. The third kappa shape index (κ3) is 2.65. The van der Waals surface area contributed by atoms with Gasteiger partial charge >= 0.3 is 0 Å². The van der Waals surface area contributed by atoms with Crippen LogP contribution in [-0.4, -0.2) is 58.1 Å². The number of piperazine rings is 1. The Kier molecular flexibility index (Phi) is 3.68. The number of hydrogen-bond donors (Lipinski definition) is 1. The number of benzene rings is 1. The van der Waals surface area contributed by atoms with Gasteiger partial charge in [-0.05, 0) is 32.9 Å². The van der Waals surface area contributed by atoms with Crippen LogP contribution in [0.1, 0.15) is 29.9 Å². The fourth-order valence-electron chi connectivity index (χ4n) is 2.88. The number of carbonyl (C=O) groups excluding carboxylic acids is 1. The average molecular weight is 286 g/mol. The zero-order valence-corrected chi connectivity index (χ0v) is 12.9. The maximum Gasteiger partial charge on any atom is 0.275 e. The van der Waals surface area contributed by atoms with Gasteiger partial charge in [0.1, 0.15) is 0 Å². The van der Waals surface area contributed by atoms with Gasteiger partial charge in [-0.25, -0.2) is 0 Å². The predicted molar refractivity (Wildman–Crippen MR) is 83.4 cm³/mol. The van der Waals surface area contributed by atoms with Gasteiger partial charge in [-0.15, -0.1) is 0 Å². The van der Waals surface area contributed by atoms with Crippen LogP contribution in [-0.2, 0) is 0 Å². The Bertz CT molecular complexity index is 653. The second kappa shape index (κ2) is 5.48. The molecular weight excluding hydrogens is 264 g/mol. The lowest BCUT2D eigenvalue weighted by molar-refractivity contribution is 0.0591. The highest BCUT2D eigenvalue weighted by Gasteiger charge is 2.25. The second-order valence-corrected chi connectivity index (χ2v) is 6.04. The van der Waals surface area contributed by atoms with E-state index in [0.29, 0.717) is 11.7 Å². The first-order valence-electron chi connectivity index (χ1n) is 7.54. The number of rotatable bonds is 2. The summed E-state index contributed by atoms with van der Waals surface area (Å²) in [4.78, 5) is 17.0. The molecule has 1 saturated heterocycles. The summed E-state index contributed by atoms with van der Waals surface area (Å²) in [5, 5.41) is 8.11. The normalized spacial score (nSPS) is 16.9. The first-order valence-corrected chi connectivity index (χ1v) is 7.54. The molecular formula is C16H22N4O. The highest BCUT2D eigenvalue weighted by molar-refractivity contribution is 6.04. The quantitative estimate of drug-likeness (QED) is 0.919. The lowest BCUT2D eigenvalue weighted by Crippen LogP contribution is -2.50. The maximum atomic E-state index is 12.7. The highest BCUT2D eigenvalue weighted by atomic mass is 16.2. The average Bonchev–Trinajstić information content (AvgIpc) is 2.89. The van der Waals surface area contributed by atoms with Crippen molar-refractivity contribution in [1.82, 2.24) is 20.0 Å². The molecule has 0 atom stereocenters. The van der Waals surface area contributed by atoms with Crippen molar-refractivity contribution in [2.45, 2.75) is 26.8 Å². The van der Waals surface area contributed by atoms with E-state index in [1.807, 2.05) is 30.0 Å². The summed E-state index contributed by atoms with van der Waals surface area (Å²) in [6.45, 7) is 9.84. The van der Waals surface area contributed by atoms with Crippen LogP contribution in [0.15, 0.2) is 18.2 Å². The van der Waals surface area contributed by atoms with Crippen LogP contribution in [0.3, 0.4) is 0 Å². The highest BCUT2D eigenvalue weighted by Crippen LogP contribution is 2.19. The molecule has 0 bridgehead atoms. The summed E-state index contributed by atoms with van der Waals surface area (Å²) in [5.41, 5.74) is 2.61. The minimum absolute atomic E-state index is 0.0373. The van der Waals surface area contributed by atoms with Crippen molar-refractivity contribution in [1.29, 1.82) is 0 Å². The molecule has 1 aliphatic rings. The molecule has 1 aromatic heterocycles. The van der Waals surface area contributed by atoms with Crippen LogP contribution in [0.5, 0.6) is 0 Å². The molecule has 1 amide bonds. The second-order valence-electron chi connectivity index (χ2n) is 6.04. The summed E-state index contributed by atoms with van der Waals surface area (Å²) in [5.74, 6) is 0.0373. The molecule has 3 rings (SSSR count). The van der Waals surface area contributed by atoms with Crippen molar-refractivity contribution in [3.63, 3.8) is 0 Å². The van der Waals surface area contributed by atoms with Crippen LogP contribution in [0.4, 0.5) is 0 Å². The van der Waals surface area contributed by atoms with Gasteiger partial charge < -0.3 is 4.90 Å². The van der Waals surface area contributed by atoms with E-state index < -0.39 is 0 Å². The first-order chi connectivity index (χ1) is 10.1. The van der Waals surface area contributed by atoms with E-state index in [2.05, 4.69) is 28.9 Å². The largest absolute Gasteiger partial charge is 0.335 e. The van der Waals surface area contributed by atoms with E-state index in [9.17, 15) is 4.79 Å². The molecule has 0 spiro atoms. The Morgan fingerprint density at radius 2 is 1.95 bits per heavy atom. The Labute approximate surface area is 124 Å². The molecule has 1 aromatic carbocycles. The van der Waals surface area contributed by atoms with Gasteiger partial charge in [0.2, 0.25) is 0 Å². The smallest absolute Gasteiger partial charge is 0.275 e. The number of H-pyrrole nitrogens is 1. The molecule has 21 heavy (non-hydrogen) atoms. The molecule has 0 saturated carbocycles. The van der Waals surface area contributed by atoms with Crippen molar-refractivity contribution >= 4 is 16.8 Å². The zero-order chi connectivity index (χ0) is 15.0. The third-order valence-electron chi connectivity index (χ3n) is 4.25. The minimum atomic E-state index is 0.0373. The molecule has 5 nitrogen and oxygen atoms in total. The van der Waals surface area contributed by atoms with E-state index in [1.54, 1.807) is 0 Å². The first kappa shape index (κ1) is 14.1. The fraction of sp³-hybridized carbons (Fsp3) is 0.500. The number of nitrogens with one attached hydrogen (secondary N) is 1. The SMILES string of the molecule is Cc1ccc2[nH]nc(C(=O)N3CCN(C(C)C)CC3)c2c1. The number of amides is 1. The number of aromatic amines is 1. The lowest BCUT2D eigenvalue weighted by Gasteiger charge is -2.36. The summed E-state index contributed by atoms with van der Waals surface area (Å²) in [6, 6.07) is 6.56. The van der Waals surface area contributed by atoms with Gasteiger partial charge in [-0.3, -0.25) is 14.8 Å². The van der Waals surface area contributed by atoms with E-state index in [-0.39, 0.29) is 5.91 Å². The Hall–Kier alpha value is -1.88. The number of hydrogen-bond acceptors (Lipinski definition) is 3. The molecule has 1 fully saturated rings. The van der Waals surface area contributed by atoms with Gasteiger partial charge in [0.25, 0.3) is 5.91 Å². The summed E-state index contributed by atoms with van der Waals surface area (Å²) >= 11 is 0. The maximum absolute atomic E-state index is 12.7. The number of aryl methyl sites for hydroxylation is 1. The Morgan fingerprint density at radius 3 is 2.62 bits per heavy atom. The third-order valence-corrected chi connectivity index (χ3v) is 4.25. The van der Waals surface area contributed by atoms with Crippen molar-refractivity contribution in [3.05, 3.63) is 29.5 Å². The molecule has 5 heteroatoms. The lowest BCUT2D eigenvalue weighted by atomic mass is 10.1. The van der Waals surface area contributed by atoms with Gasteiger partial charge in [-0.1, -0.05) is 11.6 Å². The Balaban J connectivity index is 1.80. The van der Waals surface area contributed by atoms with Crippen LogP contribution >= 0.6 is 0 Å². The summed E-state index contributed by atoms with van der Waals surface area (Å²) in [7, 11) is 0. The van der Waals surface area contributed by atoms with Crippen molar-refractivity contribution in [3.8, 4) is 0 Å². The van der Waals surface area contributed by atoms with Gasteiger partial charge in [0.05, 0.1) is 5.52 Å².